The molecular weight excluding hydrogens is 227 g/mol. The number of anilines is 2. The summed E-state index contributed by atoms with van der Waals surface area (Å²) in [6, 6.07) is 0. The highest BCUT2D eigenvalue weighted by Crippen LogP contribution is 2.18. The monoisotopic (exact) mass is 240 g/mol. The predicted octanol–water partition coefficient (Wildman–Crippen LogP) is -0.162. The molecule has 16 heavy (non-hydrogen) atoms. The average Bonchev–Trinajstić information content (AvgIpc) is 2.61. The lowest BCUT2D eigenvalue weighted by atomic mass is 10.5. The minimum Gasteiger partial charge on any atom is -0.382 e. The van der Waals surface area contributed by atoms with Crippen molar-refractivity contribution in [2.24, 2.45) is 0 Å². The third kappa shape index (κ3) is 1.91. The lowest BCUT2D eigenvalue weighted by Crippen LogP contribution is -2.12. The summed E-state index contributed by atoms with van der Waals surface area (Å²) in [5.74, 6) is 0.415. The number of rotatable bonds is 3. The van der Waals surface area contributed by atoms with Gasteiger partial charge in [-0.1, -0.05) is 0 Å². The van der Waals surface area contributed by atoms with Crippen molar-refractivity contribution in [3.8, 4) is 0 Å². The van der Waals surface area contributed by atoms with Gasteiger partial charge in [0.05, 0.1) is 18.7 Å². The number of imidazole rings is 1. The number of nitrogens with two attached hydrogens (primary N) is 2. The largest absolute Gasteiger partial charge is 0.382 e. The Morgan fingerprint density at radius 1 is 1.50 bits per heavy atom. The Labute approximate surface area is 94.4 Å². The molecule has 2 atom stereocenters. The van der Waals surface area contributed by atoms with E-state index in [2.05, 4.69) is 24.2 Å². The van der Waals surface area contributed by atoms with Crippen LogP contribution in [-0.2, 0) is 11.3 Å². The van der Waals surface area contributed by atoms with Crippen molar-refractivity contribution in [2.45, 2.75) is 12.4 Å². The lowest BCUT2D eigenvalue weighted by Gasteiger charge is -2.10. The molecule has 0 saturated carbocycles. The van der Waals surface area contributed by atoms with E-state index in [9.17, 15) is 0 Å². The second kappa shape index (κ2) is 4.19. The van der Waals surface area contributed by atoms with E-state index in [0.717, 1.165) is 0 Å². The van der Waals surface area contributed by atoms with Crippen LogP contribution in [0, 0.1) is 0 Å². The van der Waals surface area contributed by atoms with Gasteiger partial charge in [-0.2, -0.15) is 9.97 Å². The van der Waals surface area contributed by atoms with Crippen LogP contribution in [0.5, 0.6) is 0 Å². The predicted molar refractivity (Wildman–Crippen MR) is 64.7 cm³/mol. The molecule has 0 fully saturated rings. The number of nitrogen functional groups attached to an aromatic ring is 2. The second-order valence-electron chi connectivity index (χ2n) is 3.31. The summed E-state index contributed by atoms with van der Waals surface area (Å²) in [7, 11) is 4.21. The Morgan fingerprint density at radius 2 is 2.25 bits per heavy atom. The first-order valence-corrected chi connectivity index (χ1v) is 5.30. The Morgan fingerprint density at radius 3 is 2.94 bits per heavy atom. The van der Waals surface area contributed by atoms with E-state index in [0.29, 0.717) is 23.5 Å². The Balaban J connectivity index is 2.47. The number of methoxy groups -OCH3 is 1. The molecule has 7 nitrogen and oxygen atoms in total. The number of aromatic nitrogens is 4. The number of ether oxygens (including phenoxy) is 1. The van der Waals surface area contributed by atoms with Gasteiger partial charge in [0.2, 0.25) is 5.95 Å². The topological polar surface area (TPSA) is 105 Å². The fourth-order valence-corrected chi connectivity index (χ4v) is 1.61. The first-order chi connectivity index (χ1) is 7.61. The molecule has 2 aromatic rings. The summed E-state index contributed by atoms with van der Waals surface area (Å²) in [5.41, 5.74) is 12.4. The maximum Gasteiger partial charge on any atom is 0.224 e. The third-order valence-electron chi connectivity index (χ3n) is 2.19. The second-order valence-corrected chi connectivity index (χ2v) is 4.05. The number of hydrogen-bond acceptors (Lipinski definition) is 6. The molecule has 0 amide bonds. The molecule has 2 unspecified atom stereocenters. The maximum atomic E-state index is 5.69. The van der Waals surface area contributed by atoms with E-state index in [-0.39, 0.29) is 11.8 Å². The maximum absolute atomic E-state index is 5.69. The zero-order valence-electron chi connectivity index (χ0n) is 8.79. The van der Waals surface area contributed by atoms with Crippen LogP contribution in [0.4, 0.5) is 11.8 Å². The van der Waals surface area contributed by atoms with Crippen molar-refractivity contribution >= 4 is 32.2 Å². The van der Waals surface area contributed by atoms with Crippen molar-refractivity contribution in [3.63, 3.8) is 0 Å². The highest BCUT2D eigenvalue weighted by molar-refractivity contribution is 7.17. The first-order valence-electron chi connectivity index (χ1n) is 4.64. The van der Waals surface area contributed by atoms with Gasteiger partial charge in [-0.05, 0) is 0 Å². The summed E-state index contributed by atoms with van der Waals surface area (Å²) in [6.45, 7) is 0.605. The van der Waals surface area contributed by atoms with E-state index in [4.69, 9.17) is 16.2 Å². The van der Waals surface area contributed by atoms with E-state index >= 15 is 0 Å². The van der Waals surface area contributed by atoms with Gasteiger partial charge < -0.3 is 20.8 Å². The van der Waals surface area contributed by atoms with Crippen molar-refractivity contribution < 1.29 is 4.74 Å². The molecule has 0 aliphatic rings. The highest BCUT2D eigenvalue weighted by atomic mass is 31.0. The summed E-state index contributed by atoms with van der Waals surface area (Å²) in [5, 5.41) is 0. The van der Waals surface area contributed by atoms with E-state index < -0.39 is 0 Å². The molecule has 0 aromatic carbocycles. The molecule has 0 spiro atoms. The average molecular weight is 240 g/mol. The highest BCUT2D eigenvalue weighted by Gasteiger charge is 2.11. The van der Waals surface area contributed by atoms with Crippen LogP contribution >= 0.6 is 9.24 Å². The molecule has 0 bridgehead atoms. The minimum absolute atomic E-state index is 0.0187. The molecule has 0 saturated heterocycles. The van der Waals surface area contributed by atoms with Crippen molar-refractivity contribution in [1.29, 1.82) is 0 Å². The Bertz CT molecular complexity index is 512. The zero-order chi connectivity index (χ0) is 11.7. The molecule has 0 radical (unpaired) electrons. The molecular formula is C8H13N6OP. The molecule has 8 heteroatoms. The van der Waals surface area contributed by atoms with Gasteiger partial charge in [-0.15, -0.1) is 9.24 Å². The standard InChI is InChI=1S/C8H13N6OP/c1-15-4(16)2-14-3-11-5-6(9)12-8(10)13-7(5)14/h3-4H,2,16H2,1H3,(H4,9,10,12,13). The van der Waals surface area contributed by atoms with Gasteiger partial charge in [0.25, 0.3) is 0 Å². The van der Waals surface area contributed by atoms with Crippen molar-refractivity contribution in [3.05, 3.63) is 6.33 Å². The molecule has 0 aliphatic carbocycles. The summed E-state index contributed by atoms with van der Waals surface area (Å²) in [4.78, 5) is 12.1. The zero-order valence-corrected chi connectivity index (χ0v) is 9.95. The lowest BCUT2D eigenvalue weighted by molar-refractivity contribution is 0.158. The first kappa shape index (κ1) is 11.0. The fourth-order valence-electron chi connectivity index (χ4n) is 1.39. The van der Waals surface area contributed by atoms with Crippen LogP contribution in [-0.4, -0.2) is 32.5 Å². The molecule has 2 aromatic heterocycles. The molecule has 86 valence electrons. The van der Waals surface area contributed by atoms with Gasteiger partial charge in [0, 0.05) is 7.11 Å². The van der Waals surface area contributed by atoms with E-state index in [1.54, 1.807) is 13.4 Å². The SMILES string of the molecule is COC(P)Cn1cnc2c(N)nc(N)nc21. The van der Waals surface area contributed by atoms with Crippen LogP contribution in [0.1, 0.15) is 0 Å². The van der Waals surface area contributed by atoms with E-state index in [1.807, 2.05) is 4.57 Å². The number of hydrogen-bond donors (Lipinski definition) is 2. The minimum atomic E-state index is -0.0187. The van der Waals surface area contributed by atoms with Crippen LogP contribution in [0.2, 0.25) is 0 Å². The molecule has 2 rings (SSSR count). The molecule has 2 heterocycles. The van der Waals surface area contributed by atoms with Gasteiger partial charge >= 0.3 is 0 Å². The number of nitrogens with zero attached hydrogens (tertiary/aromatic N) is 4. The third-order valence-corrected chi connectivity index (χ3v) is 2.67. The van der Waals surface area contributed by atoms with E-state index in [1.165, 1.54) is 0 Å². The van der Waals surface area contributed by atoms with Crippen LogP contribution in [0.3, 0.4) is 0 Å². The summed E-state index contributed by atoms with van der Waals surface area (Å²) >= 11 is 0. The summed E-state index contributed by atoms with van der Waals surface area (Å²) in [6.07, 6.45) is 1.64. The fraction of sp³-hybridized carbons (Fsp3) is 0.375. The summed E-state index contributed by atoms with van der Waals surface area (Å²) < 4.78 is 6.97. The Kier molecular flexibility index (Phi) is 2.89. The Hall–Kier alpha value is -1.46. The number of fused-ring (bicyclic) bond motifs is 1. The van der Waals surface area contributed by atoms with Crippen LogP contribution in [0.25, 0.3) is 11.2 Å². The van der Waals surface area contributed by atoms with Crippen LogP contribution < -0.4 is 11.5 Å². The molecule has 4 N–H and O–H groups in total. The molecule has 0 aliphatic heterocycles. The quantitative estimate of drug-likeness (QED) is 0.722. The van der Waals surface area contributed by atoms with Crippen LogP contribution in [0.15, 0.2) is 6.33 Å². The van der Waals surface area contributed by atoms with Gasteiger partial charge in [-0.3, -0.25) is 0 Å². The van der Waals surface area contributed by atoms with Gasteiger partial charge in [0.1, 0.15) is 5.52 Å². The van der Waals surface area contributed by atoms with Crippen molar-refractivity contribution in [1.82, 2.24) is 19.5 Å². The van der Waals surface area contributed by atoms with Gasteiger partial charge in [-0.25, -0.2) is 4.98 Å². The van der Waals surface area contributed by atoms with Gasteiger partial charge in [0.15, 0.2) is 11.5 Å². The smallest absolute Gasteiger partial charge is 0.224 e. The normalized spacial score (nSPS) is 13.1. The van der Waals surface area contributed by atoms with Crippen molar-refractivity contribution in [2.75, 3.05) is 18.6 Å².